The van der Waals surface area contributed by atoms with Crippen LogP contribution in [0.4, 0.5) is 0 Å². The van der Waals surface area contributed by atoms with Crippen LogP contribution in [-0.4, -0.2) is 49.6 Å². The lowest BCUT2D eigenvalue weighted by molar-refractivity contribution is -0.122. The molecule has 0 radical (unpaired) electrons. The molecule has 1 amide bonds. The Morgan fingerprint density at radius 2 is 2.27 bits per heavy atom. The minimum absolute atomic E-state index is 0.0660. The molecular formula is C11H21N3O. The zero-order valence-corrected chi connectivity index (χ0v) is 9.46. The lowest BCUT2D eigenvalue weighted by Crippen LogP contribution is -2.43. The number of amides is 1. The molecule has 4 heteroatoms. The van der Waals surface area contributed by atoms with Gasteiger partial charge < -0.3 is 15.5 Å². The summed E-state index contributed by atoms with van der Waals surface area (Å²) in [6.45, 7) is 2.74. The molecule has 2 fully saturated rings. The zero-order chi connectivity index (χ0) is 10.7. The molecule has 0 spiro atoms. The van der Waals surface area contributed by atoms with Crippen molar-refractivity contribution in [2.24, 2.45) is 0 Å². The first-order valence-electron chi connectivity index (χ1n) is 5.98. The second-order valence-electron chi connectivity index (χ2n) is 4.65. The highest BCUT2D eigenvalue weighted by atomic mass is 16.2. The highest BCUT2D eigenvalue weighted by molar-refractivity contribution is 5.81. The number of nitrogens with zero attached hydrogens (tertiary/aromatic N) is 1. The highest BCUT2D eigenvalue weighted by Crippen LogP contribution is 2.24. The summed E-state index contributed by atoms with van der Waals surface area (Å²) < 4.78 is 0. The van der Waals surface area contributed by atoms with Crippen LogP contribution >= 0.6 is 0 Å². The molecule has 1 saturated heterocycles. The van der Waals surface area contributed by atoms with Gasteiger partial charge >= 0.3 is 0 Å². The lowest BCUT2D eigenvalue weighted by atomic mass is 10.2. The number of rotatable bonds is 5. The van der Waals surface area contributed by atoms with E-state index in [1.54, 1.807) is 0 Å². The molecule has 1 aliphatic heterocycles. The van der Waals surface area contributed by atoms with Crippen LogP contribution in [0.15, 0.2) is 0 Å². The first-order chi connectivity index (χ1) is 7.27. The van der Waals surface area contributed by atoms with E-state index >= 15 is 0 Å². The lowest BCUT2D eigenvalue weighted by Gasteiger charge is -2.17. The third-order valence-electron chi connectivity index (χ3n) is 3.31. The fourth-order valence-corrected chi connectivity index (χ4v) is 2.08. The first-order valence-corrected chi connectivity index (χ1v) is 5.98. The number of carbonyl (C=O) groups excluding carboxylic acids is 1. The second kappa shape index (κ2) is 4.94. The van der Waals surface area contributed by atoms with Crippen molar-refractivity contribution in [3.63, 3.8) is 0 Å². The van der Waals surface area contributed by atoms with Crippen molar-refractivity contribution in [1.29, 1.82) is 0 Å². The standard InChI is InChI=1S/C11H21N3O/c1-14(9-4-5-9)8-7-13-11(15)10-3-2-6-12-10/h9-10,12H,2-8H2,1H3,(H,13,15)/t10-/m0/s1. The largest absolute Gasteiger partial charge is 0.353 e. The number of nitrogens with one attached hydrogen (secondary N) is 2. The van der Waals surface area contributed by atoms with Gasteiger partial charge in [-0.05, 0) is 39.3 Å². The predicted molar refractivity (Wildman–Crippen MR) is 59.7 cm³/mol. The number of likely N-dealkylation sites (N-methyl/N-ethyl adjacent to an activating group) is 1. The summed E-state index contributed by atoms with van der Waals surface area (Å²) in [5.41, 5.74) is 0. The van der Waals surface area contributed by atoms with E-state index in [0.717, 1.165) is 38.5 Å². The first kappa shape index (κ1) is 10.9. The third-order valence-corrected chi connectivity index (χ3v) is 3.31. The summed E-state index contributed by atoms with van der Waals surface area (Å²) in [6.07, 6.45) is 4.77. The molecule has 2 aliphatic rings. The Hall–Kier alpha value is -0.610. The molecule has 1 aliphatic carbocycles. The molecular weight excluding hydrogens is 190 g/mol. The van der Waals surface area contributed by atoms with E-state index in [0.29, 0.717) is 0 Å². The molecule has 4 nitrogen and oxygen atoms in total. The van der Waals surface area contributed by atoms with Gasteiger partial charge in [0.15, 0.2) is 0 Å². The van der Waals surface area contributed by atoms with E-state index in [2.05, 4.69) is 22.6 Å². The highest BCUT2D eigenvalue weighted by Gasteiger charge is 2.26. The smallest absolute Gasteiger partial charge is 0.237 e. The quantitative estimate of drug-likeness (QED) is 0.670. The molecule has 86 valence electrons. The maximum Gasteiger partial charge on any atom is 0.237 e. The van der Waals surface area contributed by atoms with Gasteiger partial charge in [0, 0.05) is 19.1 Å². The van der Waals surface area contributed by atoms with Gasteiger partial charge in [0.2, 0.25) is 5.91 Å². The van der Waals surface area contributed by atoms with Crippen LogP contribution in [0.5, 0.6) is 0 Å². The number of hydrogen-bond donors (Lipinski definition) is 2. The summed E-state index contributed by atoms with van der Waals surface area (Å²) in [5, 5.41) is 6.20. The van der Waals surface area contributed by atoms with Crippen molar-refractivity contribution in [3.05, 3.63) is 0 Å². The van der Waals surface area contributed by atoms with Crippen molar-refractivity contribution in [3.8, 4) is 0 Å². The SMILES string of the molecule is CN(CCNC(=O)[C@@H]1CCCN1)C1CC1. The normalized spacial score (nSPS) is 25.9. The molecule has 2 N–H and O–H groups in total. The second-order valence-corrected chi connectivity index (χ2v) is 4.65. The maximum atomic E-state index is 11.6. The molecule has 0 aromatic heterocycles. The summed E-state index contributed by atoms with van der Waals surface area (Å²) in [5.74, 6) is 0.177. The van der Waals surface area contributed by atoms with E-state index in [1.807, 2.05) is 0 Å². The van der Waals surface area contributed by atoms with Crippen LogP contribution in [-0.2, 0) is 4.79 Å². The molecule has 2 rings (SSSR count). The Morgan fingerprint density at radius 3 is 2.87 bits per heavy atom. The Balaban J connectivity index is 1.58. The molecule has 15 heavy (non-hydrogen) atoms. The van der Waals surface area contributed by atoms with E-state index in [9.17, 15) is 4.79 Å². The van der Waals surface area contributed by atoms with Gasteiger partial charge in [-0.1, -0.05) is 0 Å². The molecule has 0 unspecified atom stereocenters. The van der Waals surface area contributed by atoms with Crippen LogP contribution in [0, 0.1) is 0 Å². The van der Waals surface area contributed by atoms with E-state index in [4.69, 9.17) is 0 Å². The average Bonchev–Trinajstić information content (AvgIpc) is 2.93. The van der Waals surface area contributed by atoms with Gasteiger partial charge in [-0.2, -0.15) is 0 Å². The van der Waals surface area contributed by atoms with Crippen molar-refractivity contribution in [2.75, 3.05) is 26.7 Å². The van der Waals surface area contributed by atoms with E-state index in [1.165, 1.54) is 12.8 Å². The monoisotopic (exact) mass is 211 g/mol. The minimum Gasteiger partial charge on any atom is -0.353 e. The molecule has 1 heterocycles. The van der Waals surface area contributed by atoms with Crippen LogP contribution in [0.2, 0.25) is 0 Å². The van der Waals surface area contributed by atoms with Crippen LogP contribution in [0.1, 0.15) is 25.7 Å². The number of carbonyl (C=O) groups is 1. The van der Waals surface area contributed by atoms with Crippen molar-refractivity contribution < 1.29 is 4.79 Å². The van der Waals surface area contributed by atoms with Gasteiger partial charge in [-0.3, -0.25) is 4.79 Å². The van der Waals surface area contributed by atoms with Crippen molar-refractivity contribution in [1.82, 2.24) is 15.5 Å². The Kier molecular flexibility index (Phi) is 3.59. The zero-order valence-electron chi connectivity index (χ0n) is 9.46. The van der Waals surface area contributed by atoms with Crippen LogP contribution in [0.25, 0.3) is 0 Å². The maximum absolute atomic E-state index is 11.6. The van der Waals surface area contributed by atoms with Gasteiger partial charge in [0.05, 0.1) is 6.04 Å². The summed E-state index contributed by atoms with van der Waals surface area (Å²) in [6, 6.07) is 0.850. The Bertz CT molecular complexity index is 222. The third kappa shape index (κ3) is 3.18. The van der Waals surface area contributed by atoms with Crippen molar-refractivity contribution >= 4 is 5.91 Å². The summed E-state index contributed by atoms with van der Waals surface area (Å²) in [4.78, 5) is 14.0. The fourth-order valence-electron chi connectivity index (χ4n) is 2.08. The van der Waals surface area contributed by atoms with Gasteiger partial charge in [0.1, 0.15) is 0 Å². The van der Waals surface area contributed by atoms with E-state index < -0.39 is 0 Å². The van der Waals surface area contributed by atoms with Crippen LogP contribution in [0.3, 0.4) is 0 Å². The van der Waals surface area contributed by atoms with E-state index in [-0.39, 0.29) is 11.9 Å². The Labute approximate surface area is 91.4 Å². The molecule has 0 aromatic rings. The fraction of sp³-hybridized carbons (Fsp3) is 0.909. The summed E-state index contributed by atoms with van der Waals surface area (Å²) in [7, 11) is 2.14. The minimum atomic E-state index is 0.0660. The average molecular weight is 211 g/mol. The Morgan fingerprint density at radius 1 is 1.47 bits per heavy atom. The van der Waals surface area contributed by atoms with Crippen LogP contribution < -0.4 is 10.6 Å². The molecule has 1 saturated carbocycles. The predicted octanol–water partition coefficient (Wildman–Crippen LogP) is -0.0512. The van der Waals surface area contributed by atoms with Crippen molar-refractivity contribution in [2.45, 2.75) is 37.8 Å². The van der Waals surface area contributed by atoms with Gasteiger partial charge in [-0.25, -0.2) is 0 Å². The van der Waals surface area contributed by atoms with Gasteiger partial charge in [0.25, 0.3) is 0 Å². The number of hydrogen-bond acceptors (Lipinski definition) is 3. The molecule has 0 bridgehead atoms. The summed E-state index contributed by atoms with van der Waals surface area (Å²) >= 11 is 0. The molecule has 1 atom stereocenters. The van der Waals surface area contributed by atoms with Gasteiger partial charge in [-0.15, -0.1) is 0 Å². The molecule has 0 aromatic carbocycles. The topological polar surface area (TPSA) is 44.4 Å².